The van der Waals surface area contributed by atoms with E-state index in [0.29, 0.717) is 18.3 Å². The first-order chi connectivity index (χ1) is 11.2. The third kappa shape index (κ3) is 2.84. The van der Waals surface area contributed by atoms with Gasteiger partial charge in [-0.15, -0.1) is 11.3 Å². The van der Waals surface area contributed by atoms with Crippen LogP contribution in [0.2, 0.25) is 0 Å². The molecule has 1 aliphatic heterocycles. The monoisotopic (exact) mass is 391 g/mol. The van der Waals surface area contributed by atoms with E-state index in [1.54, 1.807) is 11.3 Å². The van der Waals surface area contributed by atoms with E-state index in [2.05, 4.69) is 54.0 Å². The van der Waals surface area contributed by atoms with Crippen molar-refractivity contribution in [2.45, 2.75) is 6.54 Å². The van der Waals surface area contributed by atoms with Crippen LogP contribution in [0.1, 0.15) is 5.89 Å². The van der Waals surface area contributed by atoms with Crippen LogP contribution in [0.25, 0.3) is 10.7 Å². The number of pyridine rings is 1. The van der Waals surface area contributed by atoms with Gasteiger partial charge in [-0.1, -0.05) is 5.16 Å². The van der Waals surface area contributed by atoms with E-state index in [9.17, 15) is 0 Å². The third-order valence-corrected chi connectivity index (χ3v) is 5.38. The summed E-state index contributed by atoms with van der Waals surface area (Å²) in [6, 6.07) is 8.00. The van der Waals surface area contributed by atoms with Gasteiger partial charge in [0.15, 0.2) is 5.82 Å². The molecule has 4 rings (SSSR count). The number of halogens is 1. The van der Waals surface area contributed by atoms with Crippen LogP contribution >= 0.6 is 27.3 Å². The van der Waals surface area contributed by atoms with Gasteiger partial charge in [-0.25, -0.2) is 4.98 Å². The Hall–Kier alpha value is -1.93. The predicted molar refractivity (Wildman–Crippen MR) is 93.9 cm³/mol. The highest BCUT2D eigenvalue weighted by Gasteiger charge is 2.23. The molecule has 3 aromatic heterocycles. The minimum absolute atomic E-state index is 0.589. The molecule has 0 saturated carbocycles. The summed E-state index contributed by atoms with van der Waals surface area (Å²) in [5.41, 5.74) is 1.10. The van der Waals surface area contributed by atoms with E-state index in [0.717, 1.165) is 33.3 Å². The van der Waals surface area contributed by atoms with Crippen LogP contribution in [-0.2, 0) is 6.54 Å². The van der Waals surface area contributed by atoms with Gasteiger partial charge in [-0.2, -0.15) is 4.98 Å². The largest absolute Gasteiger partial charge is 0.357 e. The first-order valence-corrected chi connectivity index (χ1v) is 8.81. The molecule has 0 spiro atoms. The molecule has 0 saturated heterocycles. The van der Waals surface area contributed by atoms with Crippen molar-refractivity contribution in [2.75, 3.05) is 29.9 Å². The van der Waals surface area contributed by atoms with Crippen LogP contribution in [0, 0.1) is 0 Å². The summed E-state index contributed by atoms with van der Waals surface area (Å²) < 4.78 is 6.48. The lowest BCUT2D eigenvalue weighted by atomic mass is 10.2. The van der Waals surface area contributed by atoms with Crippen LogP contribution < -0.4 is 9.80 Å². The molecule has 0 radical (unpaired) electrons. The van der Waals surface area contributed by atoms with E-state index in [-0.39, 0.29) is 0 Å². The van der Waals surface area contributed by atoms with Crippen LogP contribution in [0.4, 0.5) is 11.5 Å². The van der Waals surface area contributed by atoms with Gasteiger partial charge in [0, 0.05) is 26.3 Å². The lowest BCUT2D eigenvalue weighted by Crippen LogP contribution is -2.39. The van der Waals surface area contributed by atoms with E-state index in [1.165, 1.54) is 0 Å². The smallest absolute Gasteiger partial charge is 0.246 e. The van der Waals surface area contributed by atoms with Gasteiger partial charge in [0.1, 0.15) is 0 Å². The molecule has 0 fully saturated rings. The maximum atomic E-state index is 5.43. The summed E-state index contributed by atoms with van der Waals surface area (Å²) in [5, 5.41) is 4.09. The molecule has 0 bridgehead atoms. The molecular formula is C15H14BrN5OS. The number of likely N-dealkylation sites (N-methyl/N-ethyl adjacent to an activating group) is 1. The highest BCUT2D eigenvalue weighted by Crippen LogP contribution is 2.32. The molecule has 0 amide bonds. The van der Waals surface area contributed by atoms with Crippen LogP contribution in [0.5, 0.6) is 0 Å². The molecule has 0 atom stereocenters. The topological polar surface area (TPSA) is 58.3 Å². The van der Waals surface area contributed by atoms with Gasteiger partial charge in [-0.3, -0.25) is 0 Å². The number of rotatable bonds is 3. The van der Waals surface area contributed by atoms with Gasteiger partial charge in [0.25, 0.3) is 0 Å². The van der Waals surface area contributed by atoms with Crippen molar-refractivity contribution in [2.24, 2.45) is 0 Å². The lowest BCUT2D eigenvalue weighted by molar-refractivity contribution is 0.376. The van der Waals surface area contributed by atoms with Crippen molar-refractivity contribution in [3.63, 3.8) is 0 Å². The van der Waals surface area contributed by atoms with E-state index >= 15 is 0 Å². The van der Waals surface area contributed by atoms with Crippen LogP contribution in [-0.4, -0.2) is 35.3 Å². The summed E-state index contributed by atoms with van der Waals surface area (Å²) in [6.45, 7) is 2.41. The molecule has 4 heterocycles. The first kappa shape index (κ1) is 14.6. The summed E-state index contributed by atoms with van der Waals surface area (Å²) in [5.74, 6) is 2.24. The zero-order chi connectivity index (χ0) is 15.8. The quantitative estimate of drug-likeness (QED) is 0.681. The number of hydrogen-bond acceptors (Lipinski definition) is 7. The number of thiophene rings is 1. The number of anilines is 2. The Morgan fingerprint density at radius 3 is 3.04 bits per heavy atom. The second kappa shape index (κ2) is 5.93. The molecule has 1 aliphatic rings. The molecule has 0 N–H and O–H groups in total. The normalized spacial score (nSPS) is 14.2. The van der Waals surface area contributed by atoms with Gasteiger partial charge in [0.2, 0.25) is 11.7 Å². The number of aromatic nitrogens is 3. The van der Waals surface area contributed by atoms with Crippen molar-refractivity contribution in [3.05, 3.63) is 40.1 Å². The van der Waals surface area contributed by atoms with Gasteiger partial charge in [0.05, 0.1) is 20.9 Å². The molecule has 0 aliphatic carbocycles. The predicted octanol–water partition coefficient (Wildman–Crippen LogP) is 3.41. The van der Waals surface area contributed by atoms with Gasteiger partial charge >= 0.3 is 0 Å². The Bertz CT molecular complexity index is 833. The summed E-state index contributed by atoms with van der Waals surface area (Å²) >= 11 is 5.04. The maximum absolute atomic E-state index is 5.43. The second-order valence-corrected chi connectivity index (χ2v) is 7.77. The molecule has 118 valence electrons. The minimum atomic E-state index is 0.589. The summed E-state index contributed by atoms with van der Waals surface area (Å²) in [6.07, 6.45) is 1.82. The van der Waals surface area contributed by atoms with Crippen molar-refractivity contribution in [3.8, 4) is 10.7 Å². The number of nitrogens with zero attached hydrogens (tertiary/aromatic N) is 5. The second-order valence-electron chi connectivity index (χ2n) is 5.30. The van der Waals surface area contributed by atoms with Crippen molar-refractivity contribution < 1.29 is 4.52 Å². The van der Waals surface area contributed by atoms with Crippen molar-refractivity contribution in [1.82, 2.24) is 15.1 Å². The Morgan fingerprint density at radius 2 is 2.22 bits per heavy atom. The van der Waals surface area contributed by atoms with Crippen LogP contribution in [0.15, 0.2) is 38.8 Å². The average Bonchev–Trinajstić information content (AvgIpc) is 3.19. The molecule has 0 unspecified atom stereocenters. The highest BCUT2D eigenvalue weighted by molar-refractivity contribution is 9.11. The maximum Gasteiger partial charge on any atom is 0.246 e. The Balaban J connectivity index is 1.57. The fourth-order valence-electron chi connectivity index (χ4n) is 2.61. The molecule has 8 heteroatoms. The van der Waals surface area contributed by atoms with E-state index in [4.69, 9.17) is 4.52 Å². The van der Waals surface area contributed by atoms with E-state index in [1.807, 2.05) is 24.4 Å². The number of fused-ring (bicyclic) bond motifs is 1. The fraction of sp³-hybridized carbons (Fsp3) is 0.267. The third-order valence-electron chi connectivity index (χ3n) is 3.76. The van der Waals surface area contributed by atoms with E-state index < -0.39 is 0 Å². The molecule has 0 aromatic carbocycles. The minimum Gasteiger partial charge on any atom is -0.357 e. The van der Waals surface area contributed by atoms with Crippen molar-refractivity contribution >= 4 is 38.8 Å². The number of hydrogen-bond donors (Lipinski definition) is 0. The molecular weight excluding hydrogens is 378 g/mol. The molecule has 23 heavy (non-hydrogen) atoms. The Labute approximate surface area is 145 Å². The van der Waals surface area contributed by atoms with Crippen LogP contribution in [0.3, 0.4) is 0 Å². The average molecular weight is 392 g/mol. The molecule has 3 aromatic rings. The van der Waals surface area contributed by atoms with Gasteiger partial charge in [-0.05, 0) is 40.2 Å². The van der Waals surface area contributed by atoms with Gasteiger partial charge < -0.3 is 14.3 Å². The highest BCUT2D eigenvalue weighted by atomic mass is 79.9. The lowest BCUT2D eigenvalue weighted by Gasteiger charge is -2.34. The Kier molecular flexibility index (Phi) is 3.78. The summed E-state index contributed by atoms with van der Waals surface area (Å²) in [4.78, 5) is 14.4. The standard InChI is InChI=1S/C15H14BrN5OS/c1-20-7-8-21(10-3-2-6-17-15(10)20)9-13-18-14(19-22-13)11-4-5-12(16)23-11/h2-6H,7-9H2,1H3. The fourth-order valence-corrected chi connectivity index (χ4v) is 3.92. The summed E-state index contributed by atoms with van der Waals surface area (Å²) in [7, 11) is 2.06. The zero-order valence-electron chi connectivity index (χ0n) is 12.4. The van der Waals surface area contributed by atoms with Crippen molar-refractivity contribution in [1.29, 1.82) is 0 Å². The first-order valence-electron chi connectivity index (χ1n) is 7.20. The zero-order valence-corrected chi connectivity index (χ0v) is 14.8. The molecule has 6 nitrogen and oxygen atoms in total. The SMILES string of the molecule is CN1CCN(Cc2nc(-c3ccc(Br)s3)no2)c2cccnc21. The Morgan fingerprint density at radius 1 is 1.30 bits per heavy atom.